The van der Waals surface area contributed by atoms with Crippen LogP contribution in [0.4, 0.5) is 0 Å². The Bertz CT molecular complexity index is 194. The average molecular weight is 202 g/mol. The molecule has 1 aliphatic heterocycles. The van der Waals surface area contributed by atoms with Crippen LogP contribution in [-0.2, 0) is 14.3 Å². The van der Waals surface area contributed by atoms with Crippen molar-refractivity contribution in [2.75, 3.05) is 19.8 Å². The molecule has 0 aromatic rings. The number of esters is 1. The summed E-state index contributed by atoms with van der Waals surface area (Å²) in [6, 6.07) is 0. The molecule has 82 valence electrons. The predicted octanol–water partition coefficient (Wildman–Crippen LogP) is 0.727. The first-order valence-electron chi connectivity index (χ1n) is 5.06. The molecule has 4 heteroatoms. The van der Waals surface area contributed by atoms with E-state index in [1.54, 1.807) is 6.92 Å². The van der Waals surface area contributed by atoms with Crippen LogP contribution in [0, 0.1) is 5.92 Å². The lowest BCUT2D eigenvalue weighted by Gasteiger charge is -2.33. The normalized spacial score (nSPS) is 26.6. The second-order valence-electron chi connectivity index (χ2n) is 3.78. The Hall–Kier alpha value is -0.610. The van der Waals surface area contributed by atoms with E-state index < -0.39 is 11.6 Å². The molecule has 1 saturated heterocycles. The second-order valence-corrected chi connectivity index (χ2v) is 3.78. The van der Waals surface area contributed by atoms with Crippen LogP contribution in [0.15, 0.2) is 0 Å². The Balaban J connectivity index is 2.57. The molecule has 0 aromatic heterocycles. The zero-order valence-electron chi connectivity index (χ0n) is 8.78. The van der Waals surface area contributed by atoms with Crippen molar-refractivity contribution in [1.82, 2.24) is 0 Å². The van der Waals surface area contributed by atoms with Gasteiger partial charge in [-0.3, -0.25) is 0 Å². The summed E-state index contributed by atoms with van der Waals surface area (Å²) in [4.78, 5) is 11.4. The molecule has 0 aromatic carbocycles. The van der Waals surface area contributed by atoms with Gasteiger partial charge in [0.2, 0.25) is 0 Å². The van der Waals surface area contributed by atoms with E-state index in [-0.39, 0.29) is 5.92 Å². The van der Waals surface area contributed by atoms with E-state index in [1.807, 2.05) is 0 Å². The average Bonchev–Trinajstić information content (AvgIpc) is 2.19. The minimum absolute atomic E-state index is 0.143. The van der Waals surface area contributed by atoms with Crippen LogP contribution in [0.2, 0.25) is 0 Å². The van der Waals surface area contributed by atoms with Gasteiger partial charge < -0.3 is 14.6 Å². The van der Waals surface area contributed by atoms with Crippen LogP contribution in [0.1, 0.15) is 26.7 Å². The van der Waals surface area contributed by atoms with Gasteiger partial charge in [-0.2, -0.15) is 0 Å². The van der Waals surface area contributed by atoms with Crippen molar-refractivity contribution >= 4 is 5.97 Å². The Kier molecular flexibility index (Phi) is 3.89. The van der Waals surface area contributed by atoms with Crippen molar-refractivity contribution in [2.45, 2.75) is 32.3 Å². The number of carbonyl (C=O) groups is 1. The molecular formula is C10H18O4. The molecule has 4 nitrogen and oxygen atoms in total. The molecule has 0 amide bonds. The van der Waals surface area contributed by atoms with Crippen LogP contribution in [0.25, 0.3) is 0 Å². The van der Waals surface area contributed by atoms with Crippen LogP contribution in [0.5, 0.6) is 0 Å². The third-order valence-corrected chi connectivity index (χ3v) is 2.64. The molecule has 1 N–H and O–H groups in total. The molecule has 0 aliphatic carbocycles. The third kappa shape index (κ3) is 2.45. The summed E-state index contributed by atoms with van der Waals surface area (Å²) in [6.07, 6.45) is 1.70. The van der Waals surface area contributed by atoms with Gasteiger partial charge in [0, 0.05) is 12.5 Å². The maximum absolute atomic E-state index is 11.4. The number of hydrogen-bond acceptors (Lipinski definition) is 4. The van der Waals surface area contributed by atoms with Gasteiger partial charge in [-0.05, 0) is 26.7 Å². The number of hydrogen-bond donors (Lipinski definition) is 1. The molecule has 0 saturated carbocycles. The minimum atomic E-state index is -1.41. The minimum Gasteiger partial charge on any atom is -0.464 e. The highest BCUT2D eigenvalue weighted by Crippen LogP contribution is 2.26. The highest BCUT2D eigenvalue weighted by Gasteiger charge is 2.41. The molecular weight excluding hydrogens is 184 g/mol. The van der Waals surface area contributed by atoms with E-state index in [1.165, 1.54) is 6.92 Å². The topological polar surface area (TPSA) is 55.8 Å². The van der Waals surface area contributed by atoms with Crippen LogP contribution < -0.4 is 0 Å². The maximum atomic E-state index is 11.4. The van der Waals surface area contributed by atoms with E-state index in [0.29, 0.717) is 13.2 Å². The Morgan fingerprint density at radius 3 is 2.93 bits per heavy atom. The van der Waals surface area contributed by atoms with Gasteiger partial charge in [0.05, 0.1) is 13.2 Å². The van der Waals surface area contributed by atoms with Crippen molar-refractivity contribution in [3.8, 4) is 0 Å². The Morgan fingerprint density at radius 1 is 1.71 bits per heavy atom. The lowest BCUT2D eigenvalue weighted by Crippen LogP contribution is -2.47. The fourth-order valence-corrected chi connectivity index (χ4v) is 1.63. The summed E-state index contributed by atoms with van der Waals surface area (Å²) in [5.41, 5.74) is -1.41. The zero-order valence-corrected chi connectivity index (χ0v) is 8.78. The third-order valence-electron chi connectivity index (χ3n) is 2.64. The number of aliphatic hydroxyl groups is 1. The van der Waals surface area contributed by atoms with Crippen LogP contribution in [0.3, 0.4) is 0 Å². The molecule has 0 bridgehead atoms. The maximum Gasteiger partial charge on any atom is 0.338 e. The highest BCUT2D eigenvalue weighted by molar-refractivity contribution is 5.79. The van der Waals surface area contributed by atoms with Gasteiger partial charge in [-0.1, -0.05) is 0 Å². The summed E-state index contributed by atoms with van der Waals surface area (Å²) >= 11 is 0. The van der Waals surface area contributed by atoms with E-state index >= 15 is 0 Å². The van der Waals surface area contributed by atoms with Crippen molar-refractivity contribution in [1.29, 1.82) is 0 Å². The first kappa shape index (κ1) is 11.5. The molecule has 1 aliphatic rings. The second kappa shape index (κ2) is 4.75. The van der Waals surface area contributed by atoms with Gasteiger partial charge in [0.1, 0.15) is 0 Å². The fraction of sp³-hybridized carbons (Fsp3) is 0.900. The first-order valence-corrected chi connectivity index (χ1v) is 5.06. The summed E-state index contributed by atoms with van der Waals surface area (Å²) in [7, 11) is 0. The predicted molar refractivity (Wildman–Crippen MR) is 50.8 cm³/mol. The first-order chi connectivity index (χ1) is 6.59. The Morgan fingerprint density at radius 2 is 2.43 bits per heavy atom. The number of ether oxygens (including phenoxy) is 2. The molecule has 0 spiro atoms. The van der Waals surface area contributed by atoms with Crippen molar-refractivity contribution in [3.63, 3.8) is 0 Å². The van der Waals surface area contributed by atoms with Gasteiger partial charge in [-0.25, -0.2) is 4.79 Å². The monoisotopic (exact) mass is 202 g/mol. The quantitative estimate of drug-likeness (QED) is 0.685. The van der Waals surface area contributed by atoms with E-state index in [2.05, 4.69) is 0 Å². The van der Waals surface area contributed by atoms with Crippen molar-refractivity contribution in [2.24, 2.45) is 5.92 Å². The molecule has 14 heavy (non-hydrogen) atoms. The lowest BCUT2D eigenvalue weighted by molar-refractivity contribution is -0.174. The molecule has 1 rings (SSSR count). The molecule has 0 radical (unpaired) electrons. The van der Waals surface area contributed by atoms with Gasteiger partial charge >= 0.3 is 5.97 Å². The zero-order chi connectivity index (χ0) is 10.6. The van der Waals surface area contributed by atoms with Crippen LogP contribution in [-0.4, -0.2) is 36.5 Å². The lowest BCUT2D eigenvalue weighted by atomic mass is 9.85. The summed E-state index contributed by atoms with van der Waals surface area (Å²) in [5.74, 6) is -0.689. The number of rotatable bonds is 3. The molecule has 1 heterocycles. The van der Waals surface area contributed by atoms with E-state index in [4.69, 9.17) is 9.47 Å². The molecule has 2 atom stereocenters. The fourth-order valence-electron chi connectivity index (χ4n) is 1.63. The van der Waals surface area contributed by atoms with Gasteiger partial charge in [-0.15, -0.1) is 0 Å². The SMILES string of the molecule is CCOC(=O)C(C)(O)C1CCCOC1. The molecule has 1 fully saturated rings. The summed E-state index contributed by atoms with van der Waals surface area (Å²) in [5, 5.41) is 9.98. The van der Waals surface area contributed by atoms with E-state index in [9.17, 15) is 9.90 Å². The van der Waals surface area contributed by atoms with E-state index in [0.717, 1.165) is 19.4 Å². The highest BCUT2D eigenvalue weighted by atomic mass is 16.5. The number of carbonyl (C=O) groups excluding carboxylic acids is 1. The van der Waals surface area contributed by atoms with Gasteiger partial charge in [0.25, 0.3) is 0 Å². The smallest absolute Gasteiger partial charge is 0.338 e. The summed E-state index contributed by atoms with van der Waals surface area (Å²) < 4.78 is 10.0. The Labute approximate surface area is 84.2 Å². The van der Waals surface area contributed by atoms with Crippen LogP contribution >= 0.6 is 0 Å². The van der Waals surface area contributed by atoms with Gasteiger partial charge in [0.15, 0.2) is 5.60 Å². The molecule has 2 unspecified atom stereocenters. The standard InChI is InChI=1S/C10H18O4/c1-3-14-9(11)10(2,12)8-5-4-6-13-7-8/h8,12H,3-7H2,1-2H3. The van der Waals surface area contributed by atoms with Crippen molar-refractivity contribution in [3.05, 3.63) is 0 Å². The largest absolute Gasteiger partial charge is 0.464 e. The summed E-state index contributed by atoms with van der Waals surface area (Å²) in [6.45, 7) is 4.68. The van der Waals surface area contributed by atoms with Crippen molar-refractivity contribution < 1.29 is 19.4 Å².